The molecule has 6 heteroatoms. The summed E-state index contributed by atoms with van der Waals surface area (Å²) < 4.78 is 16.7. The molecule has 0 aromatic heterocycles. The molecule has 0 bridgehead atoms. The fourth-order valence-corrected chi connectivity index (χ4v) is 3.59. The van der Waals surface area contributed by atoms with Gasteiger partial charge in [0.25, 0.3) is 0 Å². The first-order valence-corrected chi connectivity index (χ1v) is 9.09. The summed E-state index contributed by atoms with van der Waals surface area (Å²) in [5.41, 5.74) is 1.23. The van der Waals surface area contributed by atoms with Crippen molar-refractivity contribution < 1.29 is 24.1 Å². The molecule has 2 aliphatic rings. The van der Waals surface area contributed by atoms with E-state index >= 15 is 0 Å². The van der Waals surface area contributed by atoms with E-state index in [0.29, 0.717) is 44.9 Å². The molecule has 1 unspecified atom stereocenters. The van der Waals surface area contributed by atoms with Gasteiger partial charge in [-0.3, -0.25) is 4.90 Å². The first-order valence-electron chi connectivity index (χ1n) is 9.09. The summed E-state index contributed by atoms with van der Waals surface area (Å²) in [7, 11) is 1.34. The van der Waals surface area contributed by atoms with Crippen LogP contribution in [0.25, 0.3) is 0 Å². The highest BCUT2D eigenvalue weighted by Gasteiger charge is 2.35. The Bertz CT molecular complexity index is 637. The highest BCUT2D eigenvalue weighted by Crippen LogP contribution is 2.27. The van der Waals surface area contributed by atoms with Crippen LogP contribution in [0, 0.1) is 0 Å². The van der Waals surface area contributed by atoms with E-state index in [1.165, 1.54) is 12.7 Å². The van der Waals surface area contributed by atoms with Crippen LogP contribution in [0.1, 0.15) is 18.4 Å². The van der Waals surface area contributed by atoms with E-state index < -0.39 is 5.97 Å². The van der Waals surface area contributed by atoms with Gasteiger partial charge in [0, 0.05) is 32.5 Å². The zero-order valence-corrected chi connectivity index (χ0v) is 15.3. The summed E-state index contributed by atoms with van der Waals surface area (Å²) in [5.74, 6) is -0.312. The van der Waals surface area contributed by atoms with Crippen LogP contribution in [0.5, 0.6) is 0 Å². The quantitative estimate of drug-likeness (QED) is 0.783. The molecule has 0 saturated carbocycles. The molecule has 0 aliphatic carbocycles. The Morgan fingerprint density at radius 1 is 1.31 bits per heavy atom. The van der Waals surface area contributed by atoms with Crippen LogP contribution < -0.4 is 0 Å². The monoisotopic (exact) mass is 361 g/mol. The predicted octanol–water partition coefficient (Wildman–Crippen LogP) is 2.10. The number of hydrogen-bond acceptors (Lipinski definition) is 6. The molecular weight excluding hydrogens is 334 g/mol. The maximum atomic E-state index is 11.8. The van der Waals surface area contributed by atoms with Gasteiger partial charge in [-0.15, -0.1) is 0 Å². The number of carbonyl (C=O) groups is 1. The molecular formula is C20H27NO5. The van der Waals surface area contributed by atoms with Gasteiger partial charge in [0.1, 0.15) is 5.76 Å². The van der Waals surface area contributed by atoms with Gasteiger partial charge in [0.2, 0.25) is 0 Å². The number of aliphatic hydroxyl groups is 1. The highest BCUT2D eigenvalue weighted by atomic mass is 16.6. The van der Waals surface area contributed by atoms with Crippen molar-refractivity contribution in [3.63, 3.8) is 0 Å². The van der Waals surface area contributed by atoms with Crippen molar-refractivity contribution in [2.75, 3.05) is 46.6 Å². The second kappa shape index (κ2) is 8.66. The van der Waals surface area contributed by atoms with Crippen LogP contribution >= 0.6 is 0 Å². The molecule has 1 saturated heterocycles. The highest BCUT2D eigenvalue weighted by molar-refractivity contribution is 5.89. The molecule has 142 valence electrons. The van der Waals surface area contributed by atoms with Gasteiger partial charge in [-0.05, 0) is 12.0 Å². The van der Waals surface area contributed by atoms with Crippen molar-refractivity contribution in [1.82, 2.24) is 4.90 Å². The van der Waals surface area contributed by atoms with E-state index in [0.717, 1.165) is 19.4 Å². The van der Waals surface area contributed by atoms with E-state index in [2.05, 4.69) is 17.0 Å². The van der Waals surface area contributed by atoms with Crippen molar-refractivity contribution in [1.29, 1.82) is 0 Å². The number of esters is 1. The lowest BCUT2D eigenvalue weighted by Crippen LogP contribution is -2.48. The maximum Gasteiger partial charge on any atom is 0.338 e. The minimum Gasteiger partial charge on any atom is -0.512 e. The van der Waals surface area contributed by atoms with Crippen LogP contribution in [0.3, 0.4) is 0 Å². The van der Waals surface area contributed by atoms with Gasteiger partial charge in [-0.25, -0.2) is 4.79 Å². The molecule has 1 atom stereocenters. The van der Waals surface area contributed by atoms with Gasteiger partial charge in [0.15, 0.2) is 0 Å². The second-order valence-electron chi connectivity index (χ2n) is 6.94. The third-order valence-corrected chi connectivity index (χ3v) is 5.08. The number of benzene rings is 1. The van der Waals surface area contributed by atoms with Crippen LogP contribution in [0.15, 0.2) is 41.7 Å². The smallest absolute Gasteiger partial charge is 0.338 e. The van der Waals surface area contributed by atoms with Crippen molar-refractivity contribution in [2.24, 2.45) is 0 Å². The Kier molecular flexibility index (Phi) is 6.29. The third-order valence-electron chi connectivity index (χ3n) is 5.08. The minimum absolute atomic E-state index is 0.143. The lowest BCUT2D eigenvalue weighted by atomic mass is 9.90. The molecule has 3 rings (SSSR count). The molecule has 2 heterocycles. The summed E-state index contributed by atoms with van der Waals surface area (Å²) in [5, 5.41) is 9.96. The topological polar surface area (TPSA) is 68.2 Å². The first kappa shape index (κ1) is 18.9. The number of aliphatic hydroxyl groups excluding tert-OH is 1. The summed E-state index contributed by atoms with van der Waals surface area (Å²) in [6, 6.07) is 10.3. The maximum absolute atomic E-state index is 11.8. The number of methoxy groups -OCH3 is 1. The van der Waals surface area contributed by atoms with E-state index in [4.69, 9.17) is 14.2 Å². The Morgan fingerprint density at radius 3 is 2.81 bits per heavy atom. The van der Waals surface area contributed by atoms with Crippen molar-refractivity contribution in [3.05, 3.63) is 47.2 Å². The van der Waals surface area contributed by atoms with E-state index in [1.807, 2.05) is 18.2 Å². The van der Waals surface area contributed by atoms with E-state index in [9.17, 15) is 9.90 Å². The second-order valence-corrected chi connectivity index (χ2v) is 6.94. The number of hydrogen-bond donors (Lipinski definition) is 1. The van der Waals surface area contributed by atoms with Crippen molar-refractivity contribution >= 4 is 5.97 Å². The predicted molar refractivity (Wildman–Crippen MR) is 97.0 cm³/mol. The Labute approximate surface area is 154 Å². The van der Waals surface area contributed by atoms with Crippen LogP contribution in [-0.2, 0) is 25.4 Å². The van der Waals surface area contributed by atoms with Gasteiger partial charge in [-0.1, -0.05) is 30.3 Å². The van der Waals surface area contributed by atoms with Crippen LogP contribution in [0.2, 0.25) is 0 Å². The van der Waals surface area contributed by atoms with Crippen LogP contribution in [0.4, 0.5) is 0 Å². The zero-order chi connectivity index (χ0) is 18.4. The van der Waals surface area contributed by atoms with E-state index in [1.54, 1.807) is 0 Å². The summed E-state index contributed by atoms with van der Waals surface area (Å²) in [4.78, 5) is 14.0. The molecule has 1 aromatic rings. The molecule has 0 radical (unpaired) electrons. The Hall–Kier alpha value is -1.89. The van der Waals surface area contributed by atoms with Gasteiger partial charge in [-0.2, -0.15) is 0 Å². The fraction of sp³-hybridized carbons (Fsp3) is 0.550. The van der Waals surface area contributed by atoms with Crippen molar-refractivity contribution in [2.45, 2.75) is 24.9 Å². The van der Waals surface area contributed by atoms with Gasteiger partial charge >= 0.3 is 5.97 Å². The molecule has 0 spiro atoms. The molecule has 1 N–H and O–H groups in total. The average molecular weight is 361 g/mol. The van der Waals surface area contributed by atoms with E-state index in [-0.39, 0.29) is 11.4 Å². The lowest BCUT2D eigenvalue weighted by molar-refractivity contribution is -0.161. The van der Waals surface area contributed by atoms with Gasteiger partial charge in [0.05, 0.1) is 38.1 Å². The lowest BCUT2D eigenvalue weighted by Gasteiger charge is -2.39. The normalized spacial score (nSPS) is 24.5. The number of nitrogens with zero attached hydrogens (tertiary/aromatic N) is 1. The number of carbonyl (C=O) groups excluding carboxylic acids is 1. The van der Waals surface area contributed by atoms with Crippen LogP contribution in [-0.4, -0.2) is 68.1 Å². The molecule has 0 amide bonds. The summed E-state index contributed by atoms with van der Waals surface area (Å²) in [6.07, 6.45) is 2.07. The van der Waals surface area contributed by atoms with Gasteiger partial charge < -0.3 is 19.3 Å². The molecule has 6 nitrogen and oxygen atoms in total. The summed E-state index contributed by atoms with van der Waals surface area (Å²) >= 11 is 0. The Balaban J connectivity index is 1.64. The third kappa shape index (κ3) is 4.63. The average Bonchev–Trinajstić information content (AvgIpc) is 2.68. The standard InChI is InChI=1S/C20H27NO5/c1-24-19(23)17-14-21(9-7-18(17)22)10-8-20(15-25-11-12-26-20)13-16-5-3-2-4-6-16/h2-6,22H,7-15H2,1H3. The largest absolute Gasteiger partial charge is 0.512 e. The number of ether oxygens (including phenoxy) is 3. The van der Waals surface area contributed by atoms with Crippen molar-refractivity contribution in [3.8, 4) is 0 Å². The minimum atomic E-state index is -0.455. The SMILES string of the molecule is COC(=O)C1=C(O)CCN(CCC2(Cc3ccccc3)COCCO2)C1. The Morgan fingerprint density at radius 2 is 2.12 bits per heavy atom. The summed E-state index contributed by atoms with van der Waals surface area (Å²) in [6.45, 7) is 3.68. The molecule has 2 aliphatic heterocycles. The number of rotatable bonds is 6. The first-order chi connectivity index (χ1) is 12.6. The zero-order valence-electron chi connectivity index (χ0n) is 15.3. The molecule has 26 heavy (non-hydrogen) atoms. The fourth-order valence-electron chi connectivity index (χ4n) is 3.59. The molecule has 1 aromatic carbocycles. The molecule has 1 fully saturated rings.